The molecule has 4 aromatic rings. The number of aromatic nitrogens is 4. The Morgan fingerprint density at radius 3 is 2.55 bits per heavy atom. The third-order valence-electron chi connectivity index (χ3n) is 6.61. The first kappa shape index (κ1) is 27.5. The van der Waals surface area contributed by atoms with Crippen molar-refractivity contribution in [1.29, 1.82) is 0 Å². The molecule has 2 heterocycles. The van der Waals surface area contributed by atoms with Gasteiger partial charge in [-0.1, -0.05) is 60.7 Å². The van der Waals surface area contributed by atoms with Crippen LogP contribution in [0.5, 0.6) is 0 Å². The minimum Gasteiger partial charge on any atom is -0.382 e. The van der Waals surface area contributed by atoms with Crippen molar-refractivity contribution in [2.45, 2.75) is 24.9 Å². The van der Waals surface area contributed by atoms with Crippen LogP contribution < -0.4 is 16.3 Å². The largest absolute Gasteiger partial charge is 0.458 e. The van der Waals surface area contributed by atoms with E-state index in [1.165, 1.54) is 18.5 Å². The van der Waals surface area contributed by atoms with E-state index in [4.69, 9.17) is 25.1 Å². The Labute approximate surface area is 231 Å². The molecule has 1 unspecified atom stereocenters. The summed E-state index contributed by atoms with van der Waals surface area (Å²) in [5, 5.41) is 1.41. The fourth-order valence-corrected chi connectivity index (χ4v) is 5.52. The van der Waals surface area contributed by atoms with Gasteiger partial charge in [0.25, 0.3) is 0 Å². The van der Waals surface area contributed by atoms with E-state index in [2.05, 4.69) is 15.0 Å². The standard InChI is InChI=1S/C27H30N7O5P/c1-37-34(21-10-6-3-7-11-21)23(15-19-8-4-2-5-9-19)27(35)39-40(29,36)38-16-20-12-13-22(14-20)33-18-32-24-25(28)30-17-31-26(24)33/h2-13,17-18,20,22-23H,14-16H2,1H3,(H2,29,36)(H2,28,30,31)/t20-,22+,23-,40?/m0/s1. The number of para-hydroxylation sites is 1. The molecule has 5 rings (SSSR count). The summed E-state index contributed by atoms with van der Waals surface area (Å²) >= 11 is 0. The predicted octanol–water partition coefficient (Wildman–Crippen LogP) is 3.83. The molecule has 0 bridgehead atoms. The van der Waals surface area contributed by atoms with Crippen molar-refractivity contribution < 1.29 is 23.2 Å². The van der Waals surface area contributed by atoms with E-state index in [-0.39, 0.29) is 25.0 Å². The van der Waals surface area contributed by atoms with Gasteiger partial charge in [0, 0.05) is 12.3 Å². The Bertz CT molecular complexity index is 1530. The van der Waals surface area contributed by atoms with E-state index in [1.54, 1.807) is 18.5 Å². The first-order chi connectivity index (χ1) is 19.3. The maximum absolute atomic E-state index is 13.4. The third kappa shape index (κ3) is 6.21. The van der Waals surface area contributed by atoms with Gasteiger partial charge in [0.2, 0.25) is 0 Å². The molecule has 1 aliphatic rings. The smallest absolute Gasteiger partial charge is 0.382 e. The molecule has 0 saturated heterocycles. The monoisotopic (exact) mass is 563 g/mol. The van der Waals surface area contributed by atoms with Gasteiger partial charge in [-0.05, 0) is 24.1 Å². The first-order valence-corrected chi connectivity index (χ1v) is 14.3. The number of fused-ring (bicyclic) bond motifs is 1. The second-order valence-electron chi connectivity index (χ2n) is 9.33. The quantitative estimate of drug-likeness (QED) is 0.155. The number of rotatable bonds is 11. The number of hydroxylamine groups is 1. The number of allylic oxidation sites excluding steroid dienone is 1. The second-order valence-corrected chi connectivity index (χ2v) is 10.8. The van der Waals surface area contributed by atoms with Crippen molar-refractivity contribution >= 4 is 36.4 Å². The highest BCUT2D eigenvalue weighted by molar-refractivity contribution is 7.51. The van der Waals surface area contributed by atoms with E-state index in [0.29, 0.717) is 29.1 Å². The number of hydrogen-bond acceptors (Lipinski definition) is 10. The lowest BCUT2D eigenvalue weighted by atomic mass is 10.1. The number of nitrogen functional groups attached to an aromatic ring is 1. The van der Waals surface area contributed by atoms with E-state index >= 15 is 0 Å². The first-order valence-electron chi connectivity index (χ1n) is 12.6. The van der Waals surface area contributed by atoms with Gasteiger partial charge in [-0.15, -0.1) is 0 Å². The Hall–Kier alpha value is -4.09. The second kappa shape index (κ2) is 12.0. The fraction of sp³-hybridized carbons (Fsp3) is 0.259. The summed E-state index contributed by atoms with van der Waals surface area (Å²) in [6, 6.07) is 17.4. The van der Waals surface area contributed by atoms with Crippen LogP contribution in [-0.4, -0.2) is 45.2 Å². The molecule has 1 aliphatic carbocycles. The van der Waals surface area contributed by atoms with Gasteiger partial charge >= 0.3 is 13.7 Å². The minimum atomic E-state index is -4.25. The van der Waals surface area contributed by atoms with Crippen molar-refractivity contribution in [3.63, 3.8) is 0 Å². The van der Waals surface area contributed by atoms with Crippen LogP contribution >= 0.6 is 7.75 Å². The Morgan fingerprint density at radius 1 is 1.10 bits per heavy atom. The summed E-state index contributed by atoms with van der Waals surface area (Å²) in [4.78, 5) is 31.5. The number of anilines is 2. The molecule has 4 N–H and O–H groups in total. The predicted molar refractivity (Wildman–Crippen MR) is 150 cm³/mol. The maximum atomic E-state index is 13.4. The molecule has 0 saturated carbocycles. The van der Waals surface area contributed by atoms with Crippen LogP contribution in [0.4, 0.5) is 11.5 Å². The van der Waals surface area contributed by atoms with Crippen molar-refractivity contribution in [1.82, 2.24) is 19.5 Å². The van der Waals surface area contributed by atoms with Gasteiger partial charge in [-0.2, -0.15) is 0 Å². The van der Waals surface area contributed by atoms with Gasteiger partial charge in [-0.25, -0.2) is 34.9 Å². The van der Waals surface area contributed by atoms with Gasteiger partial charge in [0.05, 0.1) is 31.8 Å². The lowest BCUT2D eigenvalue weighted by Crippen LogP contribution is -2.43. The molecule has 2 aromatic carbocycles. The lowest BCUT2D eigenvalue weighted by Gasteiger charge is -2.30. The molecule has 40 heavy (non-hydrogen) atoms. The molecule has 208 valence electrons. The highest BCUT2D eigenvalue weighted by atomic mass is 31.2. The zero-order chi connectivity index (χ0) is 28.1. The Kier molecular flexibility index (Phi) is 8.22. The molecule has 0 spiro atoms. The average Bonchev–Trinajstić information content (AvgIpc) is 3.61. The highest BCUT2D eigenvalue weighted by Crippen LogP contribution is 2.42. The summed E-state index contributed by atoms with van der Waals surface area (Å²) in [5.41, 5.74) is 14.4. The zero-order valence-electron chi connectivity index (χ0n) is 21.8. The zero-order valence-corrected chi connectivity index (χ0v) is 22.7. The summed E-state index contributed by atoms with van der Waals surface area (Å²) in [7, 11) is -2.80. The van der Waals surface area contributed by atoms with Gasteiger partial charge in [-0.3, -0.25) is 9.36 Å². The number of nitrogens with zero attached hydrogens (tertiary/aromatic N) is 5. The maximum Gasteiger partial charge on any atom is 0.458 e. The number of carbonyl (C=O) groups is 1. The molecular weight excluding hydrogens is 533 g/mol. The van der Waals surface area contributed by atoms with Crippen molar-refractivity contribution in [3.8, 4) is 0 Å². The van der Waals surface area contributed by atoms with Crippen LogP contribution in [0.1, 0.15) is 18.0 Å². The van der Waals surface area contributed by atoms with Crippen molar-refractivity contribution in [3.05, 3.63) is 91.0 Å². The highest BCUT2D eigenvalue weighted by Gasteiger charge is 2.35. The molecule has 13 heteroatoms. The molecule has 4 atom stereocenters. The molecule has 0 fully saturated rings. The fourth-order valence-electron chi connectivity index (χ4n) is 4.69. The number of nitrogens with two attached hydrogens (primary N) is 2. The minimum absolute atomic E-state index is 0.00611. The summed E-state index contributed by atoms with van der Waals surface area (Å²) in [6.45, 7) is -0.00611. The van der Waals surface area contributed by atoms with Crippen molar-refractivity contribution in [2.75, 3.05) is 24.5 Å². The van der Waals surface area contributed by atoms with E-state index in [1.807, 2.05) is 65.3 Å². The van der Waals surface area contributed by atoms with Crippen LogP contribution in [0.25, 0.3) is 11.2 Å². The summed E-state index contributed by atoms with van der Waals surface area (Å²) in [5.74, 6) is -0.652. The van der Waals surface area contributed by atoms with E-state index < -0.39 is 19.8 Å². The molecular formula is C27H30N7O5P. The molecule has 12 nitrogen and oxygen atoms in total. The number of carbonyl (C=O) groups excluding carboxylic acids is 1. The third-order valence-corrected chi connectivity index (χ3v) is 7.56. The molecule has 2 aromatic heterocycles. The number of benzene rings is 2. The van der Waals surface area contributed by atoms with Gasteiger partial charge < -0.3 is 14.8 Å². The van der Waals surface area contributed by atoms with Crippen LogP contribution in [0.2, 0.25) is 0 Å². The van der Waals surface area contributed by atoms with Crippen LogP contribution in [0.15, 0.2) is 85.5 Å². The Morgan fingerprint density at radius 2 is 1.82 bits per heavy atom. The van der Waals surface area contributed by atoms with Crippen LogP contribution in [-0.2, 0) is 29.7 Å². The lowest BCUT2D eigenvalue weighted by molar-refractivity contribution is -0.138. The normalized spacial score (nSPS) is 18.9. The SMILES string of the molecule is CON(c1ccccc1)[C@@H](Cc1ccccc1)C(=O)OP(N)(=O)OC[C@H]1C=C[C@@H](n2cnc3c(N)ncnc32)C1. The van der Waals surface area contributed by atoms with Crippen molar-refractivity contribution in [2.24, 2.45) is 11.4 Å². The average molecular weight is 564 g/mol. The number of hydrogen-bond donors (Lipinski definition) is 2. The molecule has 0 amide bonds. The summed E-state index contributed by atoms with van der Waals surface area (Å²) in [6.07, 6.45) is 7.80. The van der Waals surface area contributed by atoms with E-state index in [0.717, 1.165) is 5.56 Å². The summed E-state index contributed by atoms with van der Waals surface area (Å²) < 4.78 is 25.8. The van der Waals surface area contributed by atoms with E-state index in [9.17, 15) is 9.36 Å². The van der Waals surface area contributed by atoms with Gasteiger partial charge in [0.1, 0.15) is 11.8 Å². The molecule has 0 aliphatic heterocycles. The van der Waals surface area contributed by atoms with Crippen LogP contribution in [0, 0.1) is 5.92 Å². The van der Waals surface area contributed by atoms with Gasteiger partial charge in [0.15, 0.2) is 17.5 Å². The number of imidazole rings is 1. The topological polar surface area (TPSA) is 161 Å². The molecule has 0 radical (unpaired) electrons. The Balaban J connectivity index is 1.24. The van der Waals surface area contributed by atoms with Crippen LogP contribution in [0.3, 0.4) is 0 Å².